The summed E-state index contributed by atoms with van der Waals surface area (Å²) in [5.41, 5.74) is 0. The molecule has 1 atom stereocenters. The highest BCUT2D eigenvalue weighted by molar-refractivity contribution is 7.89. The van der Waals surface area contributed by atoms with Gasteiger partial charge in [0.05, 0.1) is 40.9 Å². The molecule has 3 aliphatic heterocycles. The second kappa shape index (κ2) is 12.4. The van der Waals surface area contributed by atoms with E-state index in [1.807, 2.05) is 4.90 Å². The van der Waals surface area contributed by atoms with Crippen molar-refractivity contribution in [3.05, 3.63) is 27.2 Å². The van der Waals surface area contributed by atoms with Crippen molar-refractivity contribution in [2.75, 3.05) is 79.3 Å². The van der Waals surface area contributed by atoms with Crippen LogP contribution in [0.5, 0.6) is 0 Å². The fraction of sp³-hybridized carbons (Fsp3) is 0.696. The normalized spacial score (nSPS) is 23.8. The average molecular weight is 584 g/mol. The minimum absolute atomic E-state index is 0.0116. The number of nitrogens with zero attached hydrogens (tertiary/aromatic N) is 4. The quantitative estimate of drug-likeness (QED) is 0.456. The van der Waals surface area contributed by atoms with Gasteiger partial charge in [0.2, 0.25) is 15.9 Å². The van der Waals surface area contributed by atoms with Crippen molar-refractivity contribution in [3.63, 3.8) is 0 Å². The maximum Gasteiger partial charge on any atom is 0.248 e. The van der Waals surface area contributed by atoms with Crippen LogP contribution in [0.4, 0.5) is 0 Å². The molecule has 0 N–H and O–H groups in total. The van der Waals surface area contributed by atoms with Gasteiger partial charge in [-0.15, -0.1) is 0 Å². The smallest absolute Gasteiger partial charge is 0.248 e. The monoisotopic (exact) mass is 582 g/mol. The molecule has 1 aromatic rings. The van der Waals surface area contributed by atoms with Crippen LogP contribution >= 0.6 is 34.8 Å². The standard InChI is InChI=1S/C23H33Cl3N4O5S/c1-27-8-10-28(11-9-27)17-4-6-29(7-5-17)21(31)16-35-15-18-14-34-13-12-30(18)36(32,33)20-3-2-19(24)22(25)23(20)26/h2-3,17-18H,4-16H2,1H3/t18-/m0/s1. The summed E-state index contributed by atoms with van der Waals surface area (Å²) in [4.78, 5) is 19.4. The van der Waals surface area contributed by atoms with Gasteiger partial charge in [-0.2, -0.15) is 4.31 Å². The van der Waals surface area contributed by atoms with E-state index in [1.165, 1.54) is 16.4 Å². The molecule has 0 bridgehead atoms. The van der Waals surface area contributed by atoms with Gasteiger partial charge in [-0.05, 0) is 32.0 Å². The summed E-state index contributed by atoms with van der Waals surface area (Å²) in [5.74, 6) is -0.0783. The van der Waals surface area contributed by atoms with Crippen molar-refractivity contribution < 1.29 is 22.7 Å². The van der Waals surface area contributed by atoms with Gasteiger partial charge < -0.3 is 19.3 Å². The molecule has 4 rings (SSSR count). The largest absolute Gasteiger partial charge is 0.378 e. The molecule has 1 amide bonds. The lowest BCUT2D eigenvalue weighted by atomic mass is 10.0. The van der Waals surface area contributed by atoms with Crippen molar-refractivity contribution in [3.8, 4) is 0 Å². The maximum absolute atomic E-state index is 13.4. The van der Waals surface area contributed by atoms with E-state index in [9.17, 15) is 13.2 Å². The van der Waals surface area contributed by atoms with Crippen LogP contribution in [0.3, 0.4) is 0 Å². The first-order valence-electron chi connectivity index (χ1n) is 12.2. The molecule has 202 valence electrons. The number of likely N-dealkylation sites (tertiary alicyclic amines) is 1. The Morgan fingerprint density at radius 3 is 2.42 bits per heavy atom. The van der Waals surface area contributed by atoms with Gasteiger partial charge in [0.25, 0.3) is 0 Å². The number of piperazine rings is 1. The second-order valence-corrected chi connectivity index (χ2v) is 12.5. The number of likely N-dealkylation sites (N-methyl/N-ethyl adjacent to an activating group) is 1. The Kier molecular flexibility index (Phi) is 9.79. The Labute approximate surface area is 228 Å². The molecule has 0 unspecified atom stereocenters. The number of ether oxygens (including phenoxy) is 2. The Morgan fingerprint density at radius 1 is 1.03 bits per heavy atom. The highest BCUT2D eigenvalue weighted by atomic mass is 35.5. The van der Waals surface area contributed by atoms with Crippen LogP contribution in [0, 0.1) is 0 Å². The first-order valence-corrected chi connectivity index (χ1v) is 14.8. The number of hydrogen-bond donors (Lipinski definition) is 0. The average Bonchev–Trinajstić information content (AvgIpc) is 2.88. The number of hydrogen-bond acceptors (Lipinski definition) is 7. The van der Waals surface area contributed by atoms with Crippen molar-refractivity contribution in [2.45, 2.75) is 29.8 Å². The number of benzene rings is 1. The fourth-order valence-corrected chi connectivity index (χ4v) is 7.50. The summed E-state index contributed by atoms with van der Waals surface area (Å²) in [6.07, 6.45) is 1.92. The molecule has 13 heteroatoms. The van der Waals surface area contributed by atoms with E-state index >= 15 is 0 Å². The summed E-state index contributed by atoms with van der Waals surface area (Å²) >= 11 is 18.2. The number of rotatable bonds is 7. The molecule has 9 nitrogen and oxygen atoms in total. The third-order valence-corrected chi connectivity index (χ3v) is 10.6. The molecule has 0 saturated carbocycles. The van der Waals surface area contributed by atoms with Gasteiger partial charge in [-0.3, -0.25) is 9.69 Å². The molecular weight excluding hydrogens is 551 g/mol. The minimum atomic E-state index is -3.98. The molecule has 0 radical (unpaired) electrons. The SMILES string of the molecule is CN1CCN(C2CCN(C(=O)COC[C@@H]3COCCN3S(=O)(=O)c3ccc(Cl)c(Cl)c3Cl)CC2)CC1. The molecular formula is C23H33Cl3N4O5S. The molecule has 0 spiro atoms. The second-order valence-electron chi connectivity index (χ2n) is 9.48. The number of morpholine rings is 1. The van der Waals surface area contributed by atoms with E-state index in [4.69, 9.17) is 44.3 Å². The summed E-state index contributed by atoms with van der Waals surface area (Å²) in [7, 11) is -1.83. The first kappa shape index (κ1) is 28.3. The minimum Gasteiger partial charge on any atom is -0.378 e. The number of carbonyl (C=O) groups is 1. The summed E-state index contributed by atoms with van der Waals surface area (Å²) in [6, 6.07) is 2.68. The predicted molar refractivity (Wildman–Crippen MR) is 139 cm³/mol. The predicted octanol–water partition coefficient (Wildman–Crippen LogP) is 2.29. The van der Waals surface area contributed by atoms with E-state index in [2.05, 4.69) is 16.8 Å². The molecule has 1 aromatic carbocycles. The van der Waals surface area contributed by atoms with Gasteiger partial charge in [-0.25, -0.2) is 8.42 Å². The van der Waals surface area contributed by atoms with Gasteiger partial charge in [0.1, 0.15) is 11.5 Å². The number of carbonyl (C=O) groups excluding carboxylic acids is 1. The topological polar surface area (TPSA) is 82.6 Å². The Hall–Kier alpha value is -0.690. The highest BCUT2D eigenvalue weighted by Crippen LogP contribution is 2.36. The van der Waals surface area contributed by atoms with E-state index in [0.29, 0.717) is 19.1 Å². The van der Waals surface area contributed by atoms with E-state index in [1.54, 1.807) is 0 Å². The number of amides is 1. The summed E-state index contributed by atoms with van der Waals surface area (Å²) in [6.45, 7) is 6.22. The van der Waals surface area contributed by atoms with Crippen LogP contribution in [0.15, 0.2) is 17.0 Å². The van der Waals surface area contributed by atoms with Crippen molar-refractivity contribution >= 4 is 50.7 Å². The zero-order chi connectivity index (χ0) is 25.9. The molecule has 3 fully saturated rings. The first-order chi connectivity index (χ1) is 17.2. The molecule has 3 saturated heterocycles. The van der Waals surface area contributed by atoms with Crippen LogP contribution < -0.4 is 0 Å². The zero-order valence-electron chi connectivity index (χ0n) is 20.4. The van der Waals surface area contributed by atoms with Gasteiger partial charge in [-0.1, -0.05) is 34.8 Å². The summed E-state index contributed by atoms with van der Waals surface area (Å²) in [5, 5.41) is 0.0431. The lowest BCUT2D eigenvalue weighted by Gasteiger charge is -2.42. The van der Waals surface area contributed by atoms with Gasteiger partial charge in [0, 0.05) is 51.9 Å². The van der Waals surface area contributed by atoms with Crippen LogP contribution in [0.2, 0.25) is 15.1 Å². The third-order valence-electron chi connectivity index (χ3n) is 7.17. The molecule has 36 heavy (non-hydrogen) atoms. The van der Waals surface area contributed by atoms with Crippen LogP contribution in [0.25, 0.3) is 0 Å². The lowest BCUT2D eigenvalue weighted by Crippen LogP contribution is -2.53. The van der Waals surface area contributed by atoms with Gasteiger partial charge in [0.15, 0.2) is 0 Å². The van der Waals surface area contributed by atoms with Gasteiger partial charge >= 0.3 is 0 Å². The van der Waals surface area contributed by atoms with Crippen LogP contribution in [0.1, 0.15) is 12.8 Å². The van der Waals surface area contributed by atoms with E-state index < -0.39 is 16.1 Å². The van der Waals surface area contributed by atoms with Crippen molar-refractivity contribution in [2.24, 2.45) is 0 Å². The van der Waals surface area contributed by atoms with Crippen molar-refractivity contribution in [1.82, 2.24) is 19.0 Å². The number of sulfonamides is 1. The van der Waals surface area contributed by atoms with Crippen LogP contribution in [-0.4, -0.2) is 125 Å². The Bertz CT molecular complexity index is 1030. The lowest BCUT2D eigenvalue weighted by molar-refractivity contribution is -0.138. The van der Waals surface area contributed by atoms with E-state index in [0.717, 1.165) is 39.0 Å². The highest BCUT2D eigenvalue weighted by Gasteiger charge is 2.36. The Balaban J connectivity index is 1.28. The van der Waals surface area contributed by atoms with Crippen LogP contribution in [-0.2, 0) is 24.3 Å². The summed E-state index contributed by atoms with van der Waals surface area (Å²) < 4.78 is 39.2. The molecule has 0 aromatic heterocycles. The maximum atomic E-state index is 13.4. The number of halogens is 3. The molecule has 3 aliphatic rings. The fourth-order valence-electron chi connectivity index (χ4n) is 4.96. The zero-order valence-corrected chi connectivity index (χ0v) is 23.5. The third kappa shape index (κ3) is 6.47. The van der Waals surface area contributed by atoms with E-state index in [-0.39, 0.29) is 58.8 Å². The van der Waals surface area contributed by atoms with Crippen molar-refractivity contribution in [1.29, 1.82) is 0 Å². The number of piperidine rings is 1. The molecule has 0 aliphatic carbocycles. The molecule has 3 heterocycles. The Morgan fingerprint density at radius 2 is 1.72 bits per heavy atom.